The number of rotatable bonds is 5. The van der Waals surface area contributed by atoms with Gasteiger partial charge in [0.05, 0.1) is 13.7 Å². The number of aliphatic hydroxyl groups excluding tert-OH is 4. The molecule has 0 amide bonds. The minimum atomic E-state index is -2.84. The minimum Gasteiger partial charge on any atom is -0.504 e. The molecule has 0 radical (unpaired) electrons. The van der Waals surface area contributed by atoms with Crippen LogP contribution in [-0.4, -0.2) is 80.3 Å². The first-order valence-corrected chi connectivity index (χ1v) is 7.39. The Morgan fingerprint density at radius 2 is 2.00 bits per heavy atom. The molecule has 0 saturated carbocycles. The normalized spacial score (nSPS) is 32.7. The van der Waals surface area contributed by atoms with E-state index in [-0.39, 0.29) is 11.5 Å². The number of phenols is 1. The summed E-state index contributed by atoms with van der Waals surface area (Å²) in [6, 6.07) is 4.29. The number of phenolic OH excluding ortho intramolecular Hbond substituents is 1. The van der Waals surface area contributed by atoms with Crippen molar-refractivity contribution in [2.75, 3.05) is 13.7 Å². The van der Waals surface area contributed by atoms with Gasteiger partial charge in [-0.05, 0) is 23.8 Å². The van der Waals surface area contributed by atoms with Gasteiger partial charge in [-0.25, -0.2) is 0 Å². The maximum Gasteiger partial charge on any atom is 0.260 e. The van der Waals surface area contributed by atoms with E-state index < -0.39 is 42.6 Å². The molecule has 138 valence electrons. The lowest BCUT2D eigenvalue weighted by Gasteiger charge is -2.43. The van der Waals surface area contributed by atoms with E-state index in [0.29, 0.717) is 5.56 Å². The van der Waals surface area contributed by atoms with Crippen molar-refractivity contribution in [3.8, 4) is 11.5 Å². The summed E-state index contributed by atoms with van der Waals surface area (Å²) in [6.07, 6.45) is -5.02. The lowest BCUT2D eigenvalue weighted by Crippen LogP contribution is -2.67. The Labute approximate surface area is 143 Å². The molecule has 1 aliphatic heterocycles. The number of benzene rings is 1. The van der Waals surface area contributed by atoms with Crippen molar-refractivity contribution < 1.29 is 44.9 Å². The van der Waals surface area contributed by atoms with E-state index in [0.717, 1.165) is 6.08 Å². The van der Waals surface area contributed by atoms with E-state index in [4.69, 9.17) is 14.6 Å². The van der Waals surface area contributed by atoms with Gasteiger partial charge in [-0.15, -0.1) is 0 Å². The fraction of sp³-hybridized carbons (Fsp3) is 0.438. The van der Waals surface area contributed by atoms with Crippen LogP contribution in [0, 0.1) is 0 Å². The SMILES string of the molecule is COc1ccc(/C=C/C(=O)[C@@]2(O)O[C@H](CO)[C@@H](O)[C@H](O)[C@H]2O)cc1O. The monoisotopic (exact) mass is 356 g/mol. The van der Waals surface area contributed by atoms with Gasteiger partial charge in [-0.1, -0.05) is 12.1 Å². The molecule has 1 aromatic rings. The minimum absolute atomic E-state index is 0.163. The Balaban J connectivity index is 2.22. The van der Waals surface area contributed by atoms with Gasteiger partial charge in [-0.2, -0.15) is 0 Å². The van der Waals surface area contributed by atoms with Crippen LogP contribution < -0.4 is 4.74 Å². The molecule has 2 rings (SSSR count). The molecule has 0 aliphatic carbocycles. The molecule has 0 aromatic heterocycles. The molecule has 1 aromatic carbocycles. The van der Waals surface area contributed by atoms with Gasteiger partial charge in [0.15, 0.2) is 11.5 Å². The van der Waals surface area contributed by atoms with Gasteiger partial charge < -0.3 is 40.1 Å². The van der Waals surface area contributed by atoms with Crippen molar-refractivity contribution in [1.82, 2.24) is 0 Å². The first-order valence-electron chi connectivity index (χ1n) is 7.39. The lowest BCUT2D eigenvalue weighted by molar-refractivity contribution is -0.329. The number of hydrogen-bond acceptors (Lipinski definition) is 9. The maximum absolute atomic E-state index is 12.2. The molecule has 25 heavy (non-hydrogen) atoms. The predicted octanol–water partition coefficient (Wildman–Crippen LogP) is -1.85. The van der Waals surface area contributed by atoms with Crippen LogP contribution in [0.5, 0.6) is 11.5 Å². The quantitative estimate of drug-likeness (QED) is 0.333. The highest BCUT2D eigenvalue weighted by Crippen LogP contribution is 2.30. The molecular formula is C16H20O9. The summed E-state index contributed by atoms with van der Waals surface area (Å²) in [5.41, 5.74) is 0.389. The van der Waals surface area contributed by atoms with Gasteiger partial charge in [0.2, 0.25) is 5.78 Å². The third kappa shape index (κ3) is 3.66. The maximum atomic E-state index is 12.2. The molecule has 1 saturated heterocycles. The molecule has 9 nitrogen and oxygen atoms in total. The summed E-state index contributed by atoms with van der Waals surface area (Å²) in [6.45, 7) is -0.781. The van der Waals surface area contributed by atoms with E-state index in [2.05, 4.69) is 0 Å². The van der Waals surface area contributed by atoms with Crippen LogP contribution in [0.2, 0.25) is 0 Å². The van der Waals surface area contributed by atoms with Gasteiger partial charge >= 0.3 is 0 Å². The Morgan fingerprint density at radius 3 is 2.56 bits per heavy atom. The number of carbonyl (C=O) groups is 1. The Hall–Kier alpha value is -2.01. The van der Waals surface area contributed by atoms with E-state index in [9.17, 15) is 30.3 Å². The number of methoxy groups -OCH3 is 1. The van der Waals surface area contributed by atoms with Gasteiger partial charge in [-0.3, -0.25) is 4.79 Å². The largest absolute Gasteiger partial charge is 0.504 e. The fourth-order valence-electron chi connectivity index (χ4n) is 2.46. The van der Waals surface area contributed by atoms with Gasteiger partial charge in [0.25, 0.3) is 5.79 Å². The number of aliphatic hydroxyl groups is 5. The summed E-state index contributed by atoms with van der Waals surface area (Å²) >= 11 is 0. The summed E-state index contributed by atoms with van der Waals surface area (Å²) in [5.74, 6) is -3.88. The van der Waals surface area contributed by atoms with Gasteiger partial charge in [0.1, 0.15) is 24.4 Å². The zero-order valence-corrected chi connectivity index (χ0v) is 13.3. The average molecular weight is 356 g/mol. The van der Waals surface area contributed by atoms with E-state index in [1.165, 1.54) is 31.4 Å². The van der Waals surface area contributed by atoms with Crippen molar-refractivity contribution in [1.29, 1.82) is 0 Å². The molecule has 0 unspecified atom stereocenters. The van der Waals surface area contributed by atoms with E-state index in [1.54, 1.807) is 0 Å². The van der Waals surface area contributed by atoms with Crippen LogP contribution in [0.3, 0.4) is 0 Å². The molecule has 1 aliphatic rings. The molecule has 0 bridgehead atoms. The van der Waals surface area contributed by atoms with E-state index >= 15 is 0 Å². The highest BCUT2D eigenvalue weighted by molar-refractivity contribution is 5.99. The number of carbonyl (C=O) groups excluding carboxylic acids is 1. The Bertz CT molecular complexity index is 657. The smallest absolute Gasteiger partial charge is 0.260 e. The first-order chi connectivity index (χ1) is 11.7. The summed E-state index contributed by atoms with van der Waals surface area (Å²) in [7, 11) is 1.38. The highest BCUT2D eigenvalue weighted by atomic mass is 16.7. The third-order valence-electron chi connectivity index (χ3n) is 3.95. The Kier molecular flexibility index (Phi) is 5.78. The molecule has 1 fully saturated rings. The standard InChI is InChI=1S/C16H20O9/c1-24-10-4-2-8(6-9(10)18)3-5-12(19)16(23)15(22)14(21)13(20)11(7-17)25-16/h2-6,11,13-15,17-18,20-23H,7H2,1H3/b5-3+/t11-,13-,14+,15-,16-/m1/s1. The second kappa shape index (κ2) is 7.48. The van der Waals surface area contributed by atoms with Crippen LogP contribution in [0.4, 0.5) is 0 Å². The van der Waals surface area contributed by atoms with Crippen LogP contribution in [-0.2, 0) is 9.53 Å². The van der Waals surface area contributed by atoms with Crippen LogP contribution in [0.25, 0.3) is 6.08 Å². The fourth-order valence-corrected chi connectivity index (χ4v) is 2.46. The number of hydrogen-bond donors (Lipinski definition) is 6. The second-order valence-corrected chi connectivity index (χ2v) is 5.59. The van der Waals surface area contributed by atoms with Crippen LogP contribution in [0.1, 0.15) is 5.56 Å². The molecule has 9 heteroatoms. The Morgan fingerprint density at radius 1 is 1.32 bits per heavy atom. The van der Waals surface area contributed by atoms with Gasteiger partial charge in [0, 0.05) is 0 Å². The topological polar surface area (TPSA) is 157 Å². The number of ketones is 1. The van der Waals surface area contributed by atoms with Crippen LogP contribution in [0.15, 0.2) is 24.3 Å². The zero-order valence-electron chi connectivity index (χ0n) is 13.3. The van der Waals surface area contributed by atoms with Crippen LogP contribution >= 0.6 is 0 Å². The predicted molar refractivity (Wildman–Crippen MR) is 83.6 cm³/mol. The second-order valence-electron chi connectivity index (χ2n) is 5.59. The van der Waals surface area contributed by atoms with Crippen molar-refractivity contribution in [2.45, 2.75) is 30.2 Å². The highest BCUT2D eigenvalue weighted by Gasteiger charge is 2.56. The summed E-state index contributed by atoms with van der Waals surface area (Å²) in [4.78, 5) is 12.2. The molecule has 1 heterocycles. The molecular weight excluding hydrogens is 336 g/mol. The number of ether oxygens (including phenoxy) is 2. The van der Waals surface area contributed by atoms with Crippen molar-refractivity contribution in [2.24, 2.45) is 0 Å². The molecule has 0 spiro atoms. The zero-order chi connectivity index (χ0) is 18.8. The molecule has 6 N–H and O–H groups in total. The van der Waals surface area contributed by atoms with Crippen molar-refractivity contribution in [3.63, 3.8) is 0 Å². The van der Waals surface area contributed by atoms with E-state index in [1.807, 2.05) is 0 Å². The molecule has 5 atom stereocenters. The van der Waals surface area contributed by atoms with Crippen molar-refractivity contribution >= 4 is 11.9 Å². The summed E-state index contributed by atoms with van der Waals surface area (Å²) < 4.78 is 9.79. The first kappa shape index (κ1) is 19.3. The van der Waals surface area contributed by atoms with Crippen molar-refractivity contribution in [3.05, 3.63) is 29.8 Å². The average Bonchev–Trinajstić information content (AvgIpc) is 2.61. The lowest BCUT2D eigenvalue weighted by atomic mass is 9.90. The summed E-state index contributed by atoms with van der Waals surface area (Å²) in [5, 5.41) is 58.3. The third-order valence-corrected chi connectivity index (χ3v) is 3.95. The number of aromatic hydroxyl groups is 1.